The molecule has 0 atom stereocenters. The standard InChI is InChI=1S/C18H23F3N4OS2/c1-11-8-14(12(2)25(11)10-18(19,20)21)15(26)9-27-17-24-23-16(28-17)22-13-6-4-3-5-7-13/h8,13H,3-7,9-10H2,1-2H3,(H,22,23). The summed E-state index contributed by atoms with van der Waals surface area (Å²) in [5.41, 5.74) is 1.11. The van der Waals surface area contributed by atoms with Gasteiger partial charge >= 0.3 is 6.18 Å². The molecule has 2 heterocycles. The van der Waals surface area contributed by atoms with Crippen molar-refractivity contribution in [3.05, 3.63) is 23.0 Å². The van der Waals surface area contributed by atoms with E-state index in [9.17, 15) is 18.0 Å². The largest absolute Gasteiger partial charge is 0.406 e. The van der Waals surface area contributed by atoms with Crippen molar-refractivity contribution >= 4 is 34.0 Å². The summed E-state index contributed by atoms with van der Waals surface area (Å²) in [6.07, 6.45) is 1.67. The fourth-order valence-electron chi connectivity index (χ4n) is 3.46. The quantitative estimate of drug-likeness (QED) is 0.479. The maximum Gasteiger partial charge on any atom is 0.406 e. The molecule has 0 unspecified atom stereocenters. The predicted molar refractivity (Wildman–Crippen MR) is 105 cm³/mol. The van der Waals surface area contributed by atoms with E-state index in [-0.39, 0.29) is 11.5 Å². The van der Waals surface area contributed by atoms with Crippen molar-refractivity contribution in [2.75, 3.05) is 11.1 Å². The molecule has 0 aliphatic heterocycles. The maximum atomic E-state index is 12.7. The van der Waals surface area contributed by atoms with Crippen LogP contribution in [0.2, 0.25) is 0 Å². The lowest BCUT2D eigenvalue weighted by Gasteiger charge is -2.21. The Morgan fingerprint density at radius 3 is 2.68 bits per heavy atom. The number of aryl methyl sites for hydroxylation is 1. The molecule has 28 heavy (non-hydrogen) atoms. The van der Waals surface area contributed by atoms with Crippen molar-refractivity contribution in [1.82, 2.24) is 14.8 Å². The van der Waals surface area contributed by atoms with Crippen LogP contribution in [0.3, 0.4) is 0 Å². The molecule has 3 rings (SSSR count). The lowest BCUT2D eigenvalue weighted by atomic mass is 9.96. The van der Waals surface area contributed by atoms with Gasteiger partial charge in [0, 0.05) is 23.0 Å². The maximum absolute atomic E-state index is 12.7. The SMILES string of the molecule is Cc1cc(C(=O)CSc2nnc(NC3CCCCC3)s2)c(C)n1CC(F)(F)F. The summed E-state index contributed by atoms with van der Waals surface area (Å²) >= 11 is 2.67. The number of rotatable bonds is 7. The van der Waals surface area contributed by atoms with Gasteiger partial charge in [0.15, 0.2) is 10.1 Å². The van der Waals surface area contributed by atoms with E-state index in [0.717, 1.165) is 22.5 Å². The number of halogens is 3. The van der Waals surface area contributed by atoms with Crippen LogP contribution in [0.15, 0.2) is 10.4 Å². The van der Waals surface area contributed by atoms with E-state index in [2.05, 4.69) is 15.5 Å². The van der Waals surface area contributed by atoms with Gasteiger partial charge in [-0.1, -0.05) is 42.4 Å². The van der Waals surface area contributed by atoms with Crippen LogP contribution in [0.4, 0.5) is 18.3 Å². The highest BCUT2D eigenvalue weighted by Gasteiger charge is 2.30. The molecule has 5 nitrogen and oxygen atoms in total. The molecule has 1 fully saturated rings. The van der Waals surface area contributed by atoms with Crippen LogP contribution in [0.5, 0.6) is 0 Å². The number of thioether (sulfide) groups is 1. The second-order valence-corrected chi connectivity index (χ2v) is 9.25. The molecule has 10 heteroatoms. The van der Waals surface area contributed by atoms with Gasteiger partial charge < -0.3 is 9.88 Å². The van der Waals surface area contributed by atoms with E-state index < -0.39 is 12.7 Å². The first-order valence-corrected chi connectivity index (χ1v) is 11.0. The molecule has 1 N–H and O–H groups in total. The van der Waals surface area contributed by atoms with Gasteiger partial charge in [-0.05, 0) is 32.8 Å². The molecule has 154 valence electrons. The van der Waals surface area contributed by atoms with E-state index in [1.54, 1.807) is 13.8 Å². The number of carbonyl (C=O) groups is 1. The van der Waals surface area contributed by atoms with Crippen molar-refractivity contribution in [1.29, 1.82) is 0 Å². The van der Waals surface area contributed by atoms with Gasteiger partial charge in [-0.25, -0.2) is 0 Å². The molecule has 2 aromatic rings. The summed E-state index contributed by atoms with van der Waals surface area (Å²) in [5.74, 6) is -0.0857. The summed E-state index contributed by atoms with van der Waals surface area (Å²) in [6.45, 7) is 2.04. The molecule has 2 aromatic heterocycles. The Bertz CT molecular complexity index is 825. The Morgan fingerprint density at radius 1 is 1.29 bits per heavy atom. The molecule has 0 aromatic carbocycles. The smallest absolute Gasteiger partial charge is 0.357 e. The fraction of sp³-hybridized carbons (Fsp3) is 0.611. The summed E-state index contributed by atoms with van der Waals surface area (Å²) in [7, 11) is 0. The average molecular weight is 433 g/mol. The Balaban J connectivity index is 1.58. The van der Waals surface area contributed by atoms with Crippen molar-refractivity contribution in [2.24, 2.45) is 0 Å². The van der Waals surface area contributed by atoms with Crippen LogP contribution in [-0.2, 0) is 6.54 Å². The summed E-state index contributed by atoms with van der Waals surface area (Å²) in [6, 6.07) is 1.96. The third-order valence-electron chi connectivity index (χ3n) is 4.88. The van der Waals surface area contributed by atoms with E-state index in [1.807, 2.05) is 0 Å². The van der Waals surface area contributed by atoms with Crippen LogP contribution >= 0.6 is 23.1 Å². The van der Waals surface area contributed by atoms with Gasteiger partial charge in [-0.15, -0.1) is 10.2 Å². The molecule has 1 aliphatic rings. The number of ketones is 1. The lowest BCUT2D eigenvalue weighted by molar-refractivity contribution is -0.141. The molecule has 0 radical (unpaired) electrons. The Hall–Kier alpha value is -1.55. The molecular weight excluding hydrogens is 409 g/mol. The molecule has 0 saturated heterocycles. The molecule has 0 spiro atoms. The Morgan fingerprint density at radius 2 is 2.00 bits per heavy atom. The van der Waals surface area contributed by atoms with Gasteiger partial charge in [0.05, 0.1) is 5.75 Å². The zero-order chi connectivity index (χ0) is 20.3. The van der Waals surface area contributed by atoms with Gasteiger partial charge in [-0.2, -0.15) is 13.2 Å². The highest BCUT2D eigenvalue weighted by Crippen LogP contribution is 2.30. The number of anilines is 1. The Labute approximate surface area is 170 Å². The van der Waals surface area contributed by atoms with Crippen molar-refractivity contribution < 1.29 is 18.0 Å². The van der Waals surface area contributed by atoms with E-state index in [4.69, 9.17) is 0 Å². The number of carbonyl (C=O) groups excluding carboxylic acids is 1. The minimum atomic E-state index is -4.32. The minimum Gasteiger partial charge on any atom is -0.357 e. The molecule has 1 saturated carbocycles. The molecule has 1 aliphatic carbocycles. The zero-order valence-electron chi connectivity index (χ0n) is 15.8. The average Bonchev–Trinajstić information content (AvgIpc) is 3.19. The number of hydrogen-bond donors (Lipinski definition) is 1. The van der Waals surface area contributed by atoms with Crippen LogP contribution in [0, 0.1) is 13.8 Å². The minimum absolute atomic E-state index is 0.119. The van der Waals surface area contributed by atoms with Gasteiger partial charge in [0.1, 0.15) is 6.54 Å². The van der Waals surface area contributed by atoms with Crippen molar-refractivity contribution in [2.45, 2.75) is 69.1 Å². The summed E-state index contributed by atoms with van der Waals surface area (Å²) in [5, 5.41) is 12.4. The zero-order valence-corrected chi connectivity index (χ0v) is 17.4. The topological polar surface area (TPSA) is 59.8 Å². The fourth-order valence-corrected chi connectivity index (χ4v) is 5.17. The third-order valence-corrected chi connectivity index (χ3v) is 6.87. The molecule has 0 amide bonds. The van der Waals surface area contributed by atoms with E-state index >= 15 is 0 Å². The highest BCUT2D eigenvalue weighted by molar-refractivity contribution is 8.01. The number of alkyl halides is 3. The number of nitrogens with one attached hydrogen (secondary N) is 1. The normalized spacial score (nSPS) is 15.8. The number of Topliss-reactive ketones (excluding diaryl/α,β-unsaturated/α-hetero) is 1. The second-order valence-electron chi connectivity index (χ2n) is 7.05. The first-order valence-electron chi connectivity index (χ1n) is 9.22. The first kappa shape index (κ1) is 21.2. The Kier molecular flexibility index (Phi) is 6.69. The van der Waals surface area contributed by atoms with Crippen LogP contribution in [-0.4, -0.2) is 38.5 Å². The summed E-state index contributed by atoms with van der Waals surface area (Å²) < 4.78 is 40.0. The molecule has 0 bridgehead atoms. The molecular formula is C18H23F3N4OS2. The monoisotopic (exact) mass is 432 g/mol. The predicted octanol–water partition coefficient (Wildman–Crippen LogP) is 5.24. The first-order chi connectivity index (χ1) is 13.2. The van der Waals surface area contributed by atoms with E-state index in [1.165, 1.54) is 48.4 Å². The van der Waals surface area contributed by atoms with E-state index in [0.29, 0.717) is 27.3 Å². The van der Waals surface area contributed by atoms with Gasteiger partial charge in [-0.3, -0.25) is 4.79 Å². The number of hydrogen-bond acceptors (Lipinski definition) is 6. The highest BCUT2D eigenvalue weighted by atomic mass is 32.2. The van der Waals surface area contributed by atoms with Crippen LogP contribution in [0.1, 0.15) is 53.8 Å². The van der Waals surface area contributed by atoms with Crippen LogP contribution < -0.4 is 5.32 Å². The number of nitrogens with zero attached hydrogens (tertiary/aromatic N) is 3. The van der Waals surface area contributed by atoms with Gasteiger partial charge in [0.2, 0.25) is 5.13 Å². The summed E-state index contributed by atoms with van der Waals surface area (Å²) in [4.78, 5) is 12.5. The lowest BCUT2D eigenvalue weighted by Crippen LogP contribution is -2.21. The third kappa shape index (κ3) is 5.50. The van der Waals surface area contributed by atoms with Crippen molar-refractivity contribution in [3.8, 4) is 0 Å². The van der Waals surface area contributed by atoms with Gasteiger partial charge in [0.25, 0.3) is 0 Å². The van der Waals surface area contributed by atoms with Crippen LogP contribution in [0.25, 0.3) is 0 Å². The second kappa shape index (κ2) is 8.86. The number of aromatic nitrogens is 3. The van der Waals surface area contributed by atoms with Crippen molar-refractivity contribution in [3.63, 3.8) is 0 Å².